The highest BCUT2D eigenvalue weighted by Gasteiger charge is 2.16. The fraction of sp³-hybridized carbons (Fsp3) is 0.692. The predicted molar refractivity (Wildman–Crippen MR) is 71.8 cm³/mol. The van der Waals surface area contributed by atoms with Crippen LogP contribution in [0.5, 0.6) is 0 Å². The molecule has 1 aromatic heterocycles. The molecule has 94 valence electrons. The molecule has 3 nitrogen and oxygen atoms in total. The highest BCUT2D eigenvalue weighted by atomic mass is 32.1. The number of nitriles is 1. The molecule has 0 saturated heterocycles. The lowest BCUT2D eigenvalue weighted by Gasteiger charge is -2.19. The van der Waals surface area contributed by atoms with E-state index in [9.17, 15) is 0 Å². The summed E-state index contributed by atoms with van der Waals surface area (Å²) in [6.07, 6.45) is 2.02. The van der Waals surface area contributed by atoms with Gasteiger partial charge in [0.1, 0.15) is 0 Å². The maximum absolute atomic E-state index is 8.93. The zero-order valence-corrected chi connectivity index (χ0v) is 12.0. The Bertz CT molecular complexity index is 390. The lowest BCUT2D eigenvalue weighted by molar-refractivity contribution is 0.299. The Morgan fingerprint density at radius 2 is 2.24 bits per heavy atom. The average Bonchev–Trinajstić information content (AvgIpc) is 2.64. The smallest absolute Gasteiger partial charge is 0.0798 e. The van der Waals surface area contributed by atoms with Crippen molar-refractivity contribution in [2.75, 3.05) is 13.6 Å². The molecule has 0 spiro atoms. The van der Waals surface area contributed by atoms with Gasteiger partial charge in [-0.2, -0.15) is 5.26 Å². The number of rotatable bonds is 6. The Hall–Kier alpha value is -0.920. The standard InChI is InChI=1S/C13H21N3S/c1-11-12(17-10-15-11)8-16(4)7-5-6-13(2,3)9-14/h10H,5-8H2,1-4H3. The van der Waals surface area contributed by atoms with Crippen molar-refractivity contribution in [3.8, 4) is 6.07 Å². The molecule has 0 aliphatic heterocycles. The van der Waals surface area contributed by atoms with Crippen LogP contribution < -0.4 is 0 Å². The van der Waals surface area contributed by atoms with Crippen molar-refractivity contribution in [1.82, 2.24) is 9.88 Å². The van der Waals surface area contributed by atoms with E-state index in [2.05, 4.69) is 29.9 Å². The van der Waals surface area contributed by atoms with E-state index in [1.807, 2.05) is 19.4 Å². The van der Waals surface area contributed by atoms with Crippen molar-refractivity contribution in [2.24, 2.45) is 5.41 Å². The fourth-order valence-corrected chi connectivity index (χ4v) is 2.51. The van der Waals surface area contributed by atoms with Gasteiger partial charge in [0.2, 0.25) is 0 Å². The molecular weight excluding hydrogens is 230 g/mol. The Morgan fingerprint density at radius 1 is 1.53 bits per heavy atom. The van der Waals surface area contributed by atoms with Gasteiger partial charge in [0.25, 0.3) is 0 Å². The molecule has 0 N–H and O–H groups in total. The van der Waals surface area contributed by atoms with E-state index < -0.39 is 0 Å². The number of nitrogens with zero attached hydrogens (tertiary/aromatic N) is 3. The van der Waals surface area contributed by atoms with Crippen molar-refractivity contribution in [3.05, 3.63) is 16.1 Å². The Morgan fingerprint density at radius 3 is 2.76 bits per heavy atom. The molecule has 1 heterocycles. The molecule has 1 aromatic rings. The zero-order chi connectivity index (χ0) is 12.9. The predicted octanol–water partition coefficient (Wildman–Crippen LogP) is 3.21. The lowest BCUT2D eigenvalue weighted by Crippen LogP contribution is -2.20. The van der Waals surface area contributed by atoms with Crippen LogP contribution in [0.4, 0.5) is 0 Å². The third kappa shape index (κ3) is 4.84. The molecule has 0 aliphatic rings. The molecule has 17 heavy (non-hydrogen) atoms. The fourth-order valence-electron chi connectivity index (χ4n) is 1.65. The van der Waals surface area contributed by atoms with Gasteiger partial charge in [-0.1, -0.05) is 0 Å². The van der Waals surface area contributed by atoms with Crippen LogP contribution in [0.2, 0.25) is 0 Å². The van der Waals surface area contributed by atoms with Gasteiger partial charge >= 0.3 is 0 Å². The minimum absolute atomic E-state index is 0.193. The third-order valence-electron chi connectivity index (χ3n) is 2.90. The van der Waals surface area contributed by atoms with Crippen molar-refractivity contribution in [1.29, 1.82) is 5.26 Å². The molecule has 1 rings (SSSR count). The average molecular weight is 251 g/mol. The van der Waals surface area contributed by atoms with Crippen molar-refractivity contribution in [3.63, 3.8) is 0 Å². The van der Waals surface area contributed by atoms with E-state index in [-0.39, 0.29) is 5.41 Å². The van der Waals surface area contributed by atoms with Gasteiger partial charge in [0.05, 0.1) is 22.7 Å². The Balaban J connectivity index is 2.30. The molecule has 0 unspecified atom stereocenters. The summed E-state index contributed by atoms with van der Waals surface area (Å²) in [5.74, 6) is 0. The summed E-state index contributed by atoms with van der Waals surface area (Å²) < 4.78 is 0. The van der Waals surface area contributed by atoms with E-state index in [1.165, 1.54) is 4.88 Å². The van der Waals surface area contributed by atoms with Gasteiger partial charge in [-0.15, -0.1) is 11.3 Å². The summed E-state index contributed by atoms with van der Waals surface area (Å²) in [6, 6.07) is 2.34. The van der Waals surface area contributed by atoms with Gasteiger partial charge in [-0.3, -0.25) is 0 Å². The second-order valence-electron chi connectivity index (χ2n) is 5.20. The van der Waals surface area contributed by atoms with Crippen LogP contribution in [0.3, 0.4) is 0 Å². The molecule has 0 saturated carbocycles. The van der Waals surface area contributed by atoms with Crippen LogP contribution >= 0.6 is 11.3 Å². The van der Waals surface area contributed by atoms with E-state index in [0.717, 1.165) is 31.6 Å². The first kappa shape index (κ1) is 14.1. The van der Waals surface area contributed by atoms with E-state index >= 15 is 0 Å². The quantitative estimate of drug-likeness (QED) is 0.779. The van der Waals surface area contributed by atoms with E-state index in [4.69, 9.17) is 5.26 Å². The number of hydrogen-bond donors (Lipinski definition) is 0. The zero-order valence-electron chi connectivity index (χ0n) is 11.2. The Labute approximate surface area is 108 Å². The second-order valence-corrected chi connectivity index (χ2v) is 6.14. The highest BCUT2D eigenvalue weighted by molar-refractivity contribution is 7.09. The van der Waals surface area contributed by atoms with Gasteiger partial charge in [-0.05, 0) is 47.2 Å². The summed E-state index contributed by atoms with van der Waals surface area (Å²) >= 11 is 1.72. The van der Waals surface area contributed by atoms with Gasteiger partial charge < -0.3 is 4.90 Å². The molecule has 4 heteroatoms. The molecule has 0 fully saturated rings. The summed E-state index contributed by atoms with van der Waals surface area (Å²) in [4.78, 5) is 7.89. The first-order valence-electron chi connectivity index (χ1n) is 5.93. The summed E-state index contributed by atoms with van der Waals surface area (Å²) in [7, 11) is 2.12. The molecule has 0 atom stereocenters. The topological polar surface area (TPSA) is 39.9 Å². The number of aromatic nitrogens is 1. The molecule has 0 amide bonds. The molecule has 0 aliphatic carbocycles. The SMILES string of the molecule is Cc1ncsc1CN(C)CCCC(C)(C)C#N. The van der Waals surface area contributed by atoms with E-state index in [1.54, 1.807) is 11.3 Å². The van der Waals surface area contributed by atoms with Gasteiger partial charge in [0, 0.05) is 11.4 Å². The van der Waals surface area contributed by atoms with Crippen LogP contribution in [-0.2, 0) is 6.54 Å². The normalized spacial score (nSPS) is 11.8. The maximum atomic E-state index is 8.93. The molecular formula is C13H21N3S. The lowest BCUT2D eigenvalue weighted by atomic mass is 9.90. The van der Waals surface area contributed by atoms with Crippen LogP contribution in [0.1, 0.15) is 37.3 Å². The van der Waals surface area contributed by atoms with Crippen molar-refractivity contribution >= 4 is 11.3 Å². The molecule has 0 radical (unpaired) electrons. The summed E-state index contributed by atoms with van der Waals surface area (Å²) in [6.45, 7) is 8.05. The number of aryl methyl sites for hydroxylation is 1. The van der Waals surface area contributed by atoms with Crippen molar-refractivity contribution < 1.29 is 0 Å². The van der Waals surface area contributed by atoms with Gasteiger partial charge in [0.15, 0.2) is 0 Å². The second kappa shape index (κ2) is 6.13. The monoisotopic (exact) mass is 251 g/mol. The summed E-state index contributed by atoms with van der Waals surface area (Å²) in [5.41, 5.74) is 2.85. The Kier molecular flexibility index (Phi) is 5.10. The molecule has 0 bridgehead atoms. The molecule has 0 aromatic carbocycles. The first-order valence-corrected chi connectivity index (χ1v) is 6.81. The van der Waals surface area contributed by atoms with E-state index in [0.29, 0.717) is 0 Å². The largest absolute Gasteiger partial charge is 0.301 e. The minimum Gasteiger partial charge on any atom is -0.301 e. The summed E-state index contributed by atoms with van der Waals surface area (Å²) in [5, 5.41) is 8.93. The maximum Gasteiger partial charge on any atom is 0.0798 e. The van der Waals surface area contributed by atoms with Crippen LogP contribution in [0.25, 0.3) is 0 Å². The first-order chi connectivity index (χ1) is 7.94. The van der Waals surface area contributed by atoms with Crippen LogP contribution in [0, 0.1) is 23.7 Å². The minimum atomic E-state index is -0.193. The highest BCUT2D eigenvalue weighted by Crippen LogP contribution is 2.21. The third-order valence-corrected chi connectivity index (χ3v) is 3.82. The number of hydrogen-bond acceptors (Lipinski definition) is 4. The van der Waals surface area contributed by atoms with Gasteiger partial charge in [-0.25, -0.2) is 4.98 Å². The number of thiazole rings is 1. The van der Waals surface area contributed by atoms with Crippen LogP contribution in [0.15, 0.2) is 5.51 Å². The van der Waals surface area contributed by atoms with Crippen molar-refractivity contribution in [2.45, 2.75) is 40.2 Å². The van der Waals surface area contributed by atoms with Crippen LogP contribution in [-0.4, -0.2) is 23.5 Å².